The van der Waals surface area contributed by atoms with Crippen LogP contribution in [0.25, 0.3) is 0 Å². The van der Waals surface area contributed by atoms with Crippen LogP contribution in [0.2, 0.25) is 0 Å². The van der Waals surface area contributed by atoms with Gasteiger partial charge in [-0.05, 0) is 5.90 Å². The number of aliphatic imine (C=N–C) groups is 1. The summed E-state index contributed by atoms with van der Waals surface area (Å²) in [4.78, 5) is 13.7. The molecular weight excluding hydrogens is 177 g/mol. The maximum atomic E-state index is 10.5. The smallest absolute Gasteiger partial charge is 0.861 e. The van der Waals surface area contributed by atoms with E-state index in [0.717, 1.165) is 0 Å². The second-order valence-corrected chi connectivity index (χ2v) is 2.92. The van der Waals surface area contributed by atoms with E-state index in [9.17, 15) is 9.90 Å². The van der Waals surface area contributed by atoms with Crippen molar-refractivity contribution in [3.63, 3.8) is 0 Å². The van der Waals surface area contributed by atoms with Gasteiger partial charge in [0.1, 0.15) is 0 Å². The number of aliphatic carboxylic acids is 1. The van der Waals surface area contributed by atoms with Gasteiger partial charge in [0, 0.05) is 11.5 Å². The number of carboxylic acids is 1. The van der Waals surface area contributed by atoms with Crippen LogP contribution < -0.4 is 34.7 Å². The maximum Gasteiger partial charge on any atom is 1.00 e. The average molecular weight is 183 g/mol. The second kappa shape index (κ2) is 5.03. The molecule has 11 heavy (non-hydrogen) atoms. The van der Waals surface area contributed by atoms with E-state index < -0.39 is 12.0 Å². The van der Waals surface area contributed by atoms with E-state index in [1.165, 1.54) is 11.8 Å². The molecule has 0 fully saturated rings. The molecule has 4 nitrogen and oxygen atoms in total. The van der Waals surface area contributed by atoms with Crippen LogP contribution in [0.1, 0.15) is 0 Å². The molecule has 1 N–H and O–H groups in total. The van der Waals surface area contributed by atoms with Crippen LogP contribution >= 0.6 is 11.8 Å². The number of thioether (sulfide) groups is 1. The van der Waals surface area contributed by atoms with Crippen molar-refractivity contribution in [3.8, 4) is 0 Å². The number of hydrogen-bond acceptors (Lipinski definition) is 4. The number of hydrogen-bond donors (Lipinski definition) is 1. The van der Waals surface area contributed by atoms with Gasteiger partial charge in [-0.1, -0.05) is 0 Å². The Kier molecular flexibility index (Phi) is 5.16. The summed E-state index contributed by atoms with van der Waals surface area (Å²) in [6.07, 6.45) is 0. The molecule has 1 heterocycles. The Balaban J connectivity index is 0.000001000. The van der Waals surface area contributed by atoms with Crippen molar-refractivity contribution in [2.75, 3.05) is 11.5 Å². The summed E-state index contributed by atoms with van der Waals surface area (Å²) in [5, 5.41) is 18.9. The van der Waals surface area contributed by atoms with Crippen molar-refractivity contribution >= 4 is 23.6 Å². The molecule has 0 spiro atoms. The van der Waals surface area contributed by atoms with Crippen molar-refractivity contribution < 1.29 is 44.6 Å². The number of carboxylic acid groups (broad SMARTS) is 1. The molecule has 1 rings (SSSR count). The number of carbonyl (C=O) groups is 1. The molecule has 56 valence electrons. The summed E-state index contributed by atoms with van der Waals surface area (Å²) in [5.74, 6) is -0.589. The number of rotatable bonds is 1. The monoisotopic (exact) mass is 183 g/mol. The van der Waals surface area contributed by atoms with Crippen LogP contribution in [0.15, 0.2) is 4.99 Å². The maximum absolute atomic E-state index is 10.5. The molecule has 1 unspecified atom stereocenters. The summed E-state index contributed by atoms with van der Waals surface area (Å²) < 4.78 is 0. The van der Waals surface area contributed by atoms with Crippen molar-refractivity contribution in [1.29, 1.82) is 0 Å². The third-order valence-corrected chi connectivity index (χ3v) is 2.09. The second-order valence-electron chi connectivity index (χ2n) is 1.89. The van der Waals surface area contributed by atoms with Crippen molar-refractivity contribution in [2.45, 2.75) is 6.04 Å². The van der Waals surface area contributed by atoms with E-state index >= 15 is 0 Å². The molecule has 1 aliphatic heterocycles. The minimum Gasteiger partial charge on any atom is -0.861 e. The quantitative estimate of drug-likeness (QED) is 0.420. The largest absolute Gasteiger partial charge is 1.00 e. The van der Waals surface area contributed by atoms with Crippen molar-refractivity contribution in [2.24, 2.45) is 4.99 Å². The minimum atomic E-state index is -1.01. The summed E-state index contributed by atoms with van der Waals surface area (Å²) in [5.41, 5.74) is 0. The summed E-state index contributed by atoms with van der Waals surface area (Å²) >= 11 is 1.32. The Morgan fingerprint density at radius 3 is 2.82 bits per heavy atom. The number of nitrogens with zero attached hydrogens (tertiary/aromatic N) is 1. The van der Waals surface area contributed by atoms with Gasteiger partial charge < -0.3 is 10.2 Å². The third kappa shape index (κ3) is 3.46. The Hall–Kier alpha value is 0.290. The van der Waals surface area contributed by atoms with E-state index in [0.29, 0.717) is 11.5 Å². The molecule has 6 heteroatoms. The van der Waals surface area contributed by atoms with Crippen LogP contribution in [0.5, 0.6) is 0 Å². The summed E-state index contributed by atoms with van der Waals surface area (Å²) in [6, 6.07) is -0.814. The van der Waals surface area contributed by atoms with Crippen molar-refractivity contribution in [1.82, 2.24) is 0 Å². The molecular formula is C5H6NNaO3S. The van der Waals surface area contributed by atoms with Gasteiger partial charge in [0.2, 0.25) is 0 Å². The molecule has 0 aromatic heterocycles. The van der Waals surface area contributed by atoms with Crippen LogP contribution in [0, 0.1) is 0 Å². The van der Waals surface area contributed by atoms with Gasteiger partial charge >= 0.3 is 35.5 Å². The topological polar surface area (TPSA) is 72.7 Å². The Morgan fingerprint density at radius 2 is 2.45 bits per heavy atom. The van der Waals surface area contributed by atoms with E-state index in [1.54, 1.807) is 0 Å². The van der Waals surface area contributed by atoms with Gasteiger partial charge in [-0.2, -0.15) is 11.8 Å². The molecule has 0 saturated heterocycles. The van der Waals surface area contributed by atoms with Crippen LogP contribution in [-0.2, 0) is 4.79 Å². The molecule has 0 saturated carbocycles. The van der Waals surface area contributed by atoms with Crippen LogP contribution in [0.3, 0.4) is 0 Å². The zero-order valence-electron chi connectivity index (χ0n) is 6.11. The SMILES string of the molecule is O=C(O)C1CSCC([O-])=N1.[Na+]. The third-order valence-electron chi connectivity index (χ3n) is 1.09. The van der Waals surface area contributed by atoms with Gasteiger partial charge in [-0.25, -0.2) is 4.79 Å². The zero-order valence-corrected chi connectivity index (χ0v) is 8.93. The Labute approximate surface area is 90.4 Å². The molecule has 1 aliphatic rings. The van der Waals surface area contributed by atoms with Gasteiger partial charge in [0.15, 0.2) is 6.04 Å². The predicted octanol–water partition coefficient (Wildman–Crippen LogP) is -4.05. The fraction of sp³-hybridized carbons (Fsp3) is 0.600. The van der Waals surface area contributed by atoms with Crippen LogP contribution in [-0.4, -0.2) is 34.5 Å². The minimum absolute atomic E-state index is 0. The van der Waals surface area contributed by atoms with E-state index in [4.69, 9.17) is 5.11 Å². The first-order chi connectivity index (χ1) is 4.70. The average Bonchev–Trinajstić information content (AvgIpc) is 1.88. The Morgan fingerprint density at radius 1 is 1.82 bits per heavy atom. The molecule has 0 bridgehead atoms. The van der Waals surface area contributed by atoms with E-state index in [2.05, 4.69) is 4.99 Å². The fourth-order valence-corrected chi connectivity index (χ4v) is 1.44. The molecule has 0 amide bonds. The molecule has 0 aromatic carbocycles. The van der Waals surface area contributed by atoms with E-state index in [1.807, 2.05) is 0 Å². The van der Waals surface area contributed by atoms with Gasteiger partial charge in [-0.15, -0.1) is 0 Å². The fourth-order valence-electron chi connectivity index (χ4n) is 0.633. The van der Waals surface area contributed by atoms with E-state index in [-0.39, 0.29) is 35.5 Å². The molecule has 1 atom stereocenters. The van der Waals surface area contributed by atoms with Gasteiger partial charge in [0.25, 0.3) is 0 Å². The molecule has 0 aliphatic carbocycles. The Bertz CT molecular complexity index is 185. The van der Waals surface area contributed by atoms with Gasteiger partial charge in [-0.3, -0.25) is 4.99 Å². The normalized spacial score (nSPS) is 23.3. The molecule has 0 aromatic rings. The van der Waals surface area contributed by atoms with Gasteiger partial charge in [0.05, 0.1) is 0 Å². The van der Waals surface area contributed by atoms with Crippen LogP contribution in [0.4, 0.5) is 0 Å². The zero-order chi connectivity index (χ0) is 7.56. The standard InChI is InChI=1S/C5H7NO3S.Na/c7-4-2-10-1-3(6-4)5(8)9;/h3H,1-2H2,(H,6,7)(H,8,9);/q;+1/p-1. The first-order valence-corrected chi connectivity index (χ1v) is 3.90. The summed E-state index contributed by atoms with van der Waals surface area (Å²) in [7, 11) is 0. The predicted molar refractivity (Wildman–Crippen MR) is 36.2 cm³/mol. The molecule has 0 radical (unpaired) electrons. The first kappa shape index (κ1) is 11.3. The van der Waals surface area contributed by atoms with Crippen molar-refractivity contribution in [3.05, 3.63) is 0 Å². The summed E-state index contributed by atoms with van der Waals surface area (Å²) in [6.45, 7) is 0. The first-order valence-electron chi connectivity index (χ1n) is 2.74.